The first kappa shape index (κ1) is 14.1. The summed E-state index contributed by atoms with van der Waals surface area (Å²) >= 11 is 6.17. The van der Waals surface area contributed by atoms with Crippen LogP contribution in [0.4, 0.5) is 0 Å². The van der Waals surface area contributed by atoms with Crippen LogP contribution in [-0.4, -0.2) is 15.8 Å². The highest BCUT2D eigenvalue weighted by Crippen LogP contribution is 2.19. The van der Waals surface area contributed by atoms with Crippen molar-refractivity contribution in [3.05, 3.63) is 51.8 Å². The van der Waals surface area contributed by atoms with Crippen LogP contribution in [0.3, 0.4) is 0 Å². The summed E-state index contributed by atoms with van der Waals surface area (Å²) in [5.74, 6) is 0. The van der Waals surface area contributed by atoms with E-state index in [0.717, 1.165) is 29.1 Å². The Morgan fingerprint density at radius 3 is 2.53 bits per heavy atom. The van der Waals surface area contributed by atoms with Crippen LogP contribution in [0.25, 0.3) is 0 Å². The Morgan fingerprint density at radius 1 is 1.26 bits per heavy atom. The van der Waals surface area contributed by atoms with Crippen molar-refractivity contribution in [1.29, 1.82) is 0 Å². The molecule has 19 heavy (non-hydrogen) atoms. The van der Waals surface area contributed by atoms with E-state index in [9.17, 15) is 0 Å². The Morgan fingerprint density at radius 2 is 1.95 bits per heavy atom. The topological polar surface area (TPSA) is 43.8 Å². The summed E-state index contributed by atoms with van der Waals surface area (Å²) in [7, 11) is 1.96. The maximum Gasteiger partial charge on any atom is 0.0628 e. The molecule has 1 heterocycles. The van der Waals surface area contributed by atoms with Crippen LogP contribution in [0, 0.1) is 13.8 Å². The first-order chi connectivity index (χ1) is 8.99. The highest BCUT2D eigenvalue weighted by atomic mass is 35.5. The van der Waals surface area contributed by atoms with Gasteiger partial charge in [-0.1, -0.05) is 29.8 Å². The molecule has 4 heteroatoms. The van der Waals surface area contributed by atoms with E-state index in [2.05, 4.69) is 12.0 Å². The minimum absolute atomic E-state index is 0.0569. The Hall–Kier alpha value is -1.32. The zero-order chi connectivity index (χ0) is 14.0. The van der Waals surface area contributed by atoms with E-state index in [1.165, 1.54) is 11.3 Å². The average Bonchev–Trinajstić information content (AvgIpc) is 2.59. The van der Waals surface area contributed by atoms with Crippen LogP contribution in [-0.2, 0) is 19.9 Å². The zero-order valence-corrected chi connectivity index (χ0v) is 12.4. The fraction of sp³-hybridized carbons (Fsp3) is 0.400. The SMILES string of the molecule is Cc1nn(C)c(C)c1CC(N)Cc1ccccc1Cl. The summed E-state index contributed by atoms with van der Waals surface area (Å²) in [6.07, 6.45) is 1.62. The summed E-state index contributed by atoms with van der Waals surface area (Å²) < 4.78 is 1.91. The van der Waals surface area contributed by atoms with Crippen LogP contribution in [0.1, 0.15) is 22.5 Å². The molecule has 1 unspecified atom stereocenters. The van der Waals surface area contributed by atoms with Crippen molar-refractivity contribution in [2.45, 2.75) is 32.7 Å². The first-order valence-corrected chi connectivity index (χ1v) is 6.85. The smallest absolute Gasteiger partial charge is 0.0628 e. The molecule has 0 spiro atoms. The van der Waals surface area contributed by atoms with Gasteiger partial charge in [-0.25, -0.2) is 0 Å². The molecule has 2 rings (SSSR count). The molecule has 0 radical (unpaired) electrons. The van der Waals surface area contributed by atoms with Crippen molar-refractivity contribution in [3.63, 3.8) is 0 Å². The molecule has 0 bridgehead atoms. The second-order valence-electron chi connectivity index (χ2n) is 5.03. The van der Waals surface area contributed by atoms with Crippen LogP contribution >= 0.6 is 11.6 Å². The summed E-state index contributed by atoms with van der Waals surface area (Å²) in [6.45, 7) is 4.11. The van der Waals surface area contributed by atoms with E-state index in [-0.39, 0.29) is 6.04 Å². The summed E-state index contributed by atoms with van der Waals surface area (Å²) in [4.78, 5) is 0. The Balaban J connectivity index is 2.10. The van der Waals surface area contributed by atoms with Crippen molar-refractivity contribution in [2.75, 3.05) is 0 Å². The lowest BCUT2D eigenvalue weighted by Gasteiger charge is -2.13. The molecule has 0 aliphatic rings. The van der Waals surface area contributed by atoms with Gasteiger partial charge < -0.3 is 5.73 Å². The molecule has 0 saturated heterocycles. The van der Waals surface area contributed by atoms with E-state index in [1.807, 2.05) is 42.9 Å². The lowest BCUT2D eigenvalue weighted by molar-refractivity contribution is 0.658. The van der Waals surface area contributed by atoms with E-state index in [1.54, 1.807) is 0 Å². The molecule has 1 aromatic heterocycles. The molecule has 0 saturated carbocycles. The van der Waals surface area contributed by atoms with Gasteiger partial charge in [0, 0.05) is 23.8 Å². The van der Waals surface area contributed by atoms with Crippen molar-refractivity contribution in [3.8, 4) is 0 Å². The minimum atomic E-state index is 0.0569. The fourth-order valence-electron chi connectivity index (χ4n) is 2.39. The number of benzene rings is 1. The normalized spacial score (nSPS) is 12.7. The number of nitrogens with two attached hydrogens (primary N) is 1. The predicted molar refractivity (Wildman–Crippen MR) is 79.5 cm³/mol. The minimum Gasteiger partial charge on any atom is -0.327 e. The first-order valence-electron chi connectivity index (χ1n) is 6.47. The molecule has 0 amide bonds. The van der Waals surface area contributed by atoms with Gasteiger partial charge in [-0.15, -0.1) is 0 Å². The van der Waals surface area contributed by atoms with Gasteiger partial charge in [0.2, 0.25) is 0 Å². The average molecular weight is 278 g/mol. The van der Waals surface area contributed by atoms with Crippen LogP contribution < -0.4 is 5.73 Å². The third kappa shape index (κ3) is 3.17. The van der Waals surface area contributed by atoms with Crippen LogP contribution in [0.2, 0.25) is 5.02 Å². The molecular weight excluding hydrogens is 258 g/mol. The largest absolute Gasteiger partial charge is 0.327 e. The molecule has 3 nitrogen and oxygen atoms in total. The molecule has 2 N–H and O–H groups in total. The van der Waals surface area contributed by atoms with Gasteiger partial charge >= 0.3 is 0 Å². The number of nitrogens with zero attached hydrogens (tertiary/aromatic N) is 2. The number of hydrogen-bond donors (Lipinski definition) is 1. The Bertz CT molecular complexity index is 575. The molecular formula is C15H20ClN3. The van der Waals surface area contributed by atoms with Gasteiger partial charge in [0.05, 0.1) is 5.69 Å². The van der Waals surface area contributed by atoms with Crippen molar-refractivity contribution in [1.82, 2.24) is 9.78 Å². The van der Waals surface area contributed by atoms with Crippen LogP contribution in [0.5, 0.6) is 0 Å². The second kappa shape index (κ2) is 5.76. The maximum absolute atomic E-state index is 6.26. The second-order valence-corrected chi connectivity index (χ2v) is 5.44. The lowest BCUT2D eigenvalue weighted by Crippen LogP contribution is -2.26. The summed E-state index contributed by atoms with van der Waals surface area (Å²) in [6, 6.07) is 7.93. The van der Waals surface area contributed by atoms with Crippen molar-refractivity contribution >= 4 is 11.6 Å². The molecule has 2 aromatic rings. The maximum atomic E-state index is 6.26. The highest BCUT2D eigenvalue weighted by Gasteiger charge is 2.14. The summed E-state index contributed by atoms with van der Waals surface area (Å²) in [5.41, 5.74) is 10.9. The monoisotopic (exact) mass is 277 g/mol. The zero-order valence-electron chi connectivity index (χ0n) is 11.7. The molecule has 1 atom stereocenters. The van der Waals surface area contributed by atoms with Gasteiger partial charge in [-0.2, -0.15) is 5.10 Å². The van der Waals surface area contributed by atoms with Crippen LogP contribution in [0.15, 0.2) is 24.3 Å². The third-order valence-electron chi connectivity index (χ3n) is 3.57. The molecule has 0 fully saturated rings. The quantitative estimate of drug-likeness (QED) is 0.934. The summed E-state index contributed by atoms with van der Waals surface area (Å²) in [5, 5.41) is 5.21. The number of halogens is 1. The standard InChI is InChI=1S/C15H20ClN3/c1-10-14(11(2)19(3)18-10)9-13(17)8-12-6-4-5-7-15(12)16/h4-7,13H,8-9,17H2,1-3H3. The molecule has 0 aliphatic heterocycles. The van der Waals surface area contributed by atoms with E-state index < -0.39 is 0 Å². The predicted octanol–water partition coefficient (Wildman–Crippen LogP) is 2.80. The lowest BCUT2D eigenvalue weighted by atomic mass is 9.98. The molecule has 0 aliphatic carbocycles. The van der Waals surface area contributed by atoms with E-state index in [4.69, 9.17) is 17.3 Å². The highest BCUT2D eigenvalue weighted by molar-refractivity contribution is 6.31. The van der Waals surface area contributed by atoms with Gasteiger partial charge in [-0.3, -0.25) is 4.68 Å². The molecule has 1 aromatic carbocycles. The van der Waals surface area contributed by atoms with Gasteiger partial charge in [0.15, 0.2) is 0 Å². The van der Waals surface area contributed by atoms with E-state index >= 15 is 0 Å². The van der Waals surface area contributed by atoms with Crippen molar-refractivity contribution in [2.24, 2.45) is 12.8 Å². The Labute approximate surface area is 119 Å². The fourth-order valence-corrected chi connectivity index (χ4v) is 2.61. The third-order valence-corrected chi connectivity index (χ3v) is 3.93. The van der Waals surface area contributed by atoms with E-state index in [0.29, 0.717) is 0 Å². The number of aryl methyl sites for hydroxylation is 2. The number of aromatic nitrogens is 2. The van der Waals surface area contributed by atoms with Crippen molar-refractivity contribution < 1.29 is 0 Å². The number of rotatable bonds is 4. The van der Waals surface area contributed by atoms with Gasteiger partial charge in [0.25, 0.3) is 0 Å². The number of hydrogen-bond acceptors (Lipinski definition) is 2. The van der Waals surface area contributed by atoms with Gasteiger partial charge in [0.1, 0.15) is 0 Å². The Kier molecular flexibility index (Phi) is 4.27. The molecule has 102 valence electrons. The van der Waals surface area contributed by atoms with Gasteiger partial charge in [-0.05, 0) is 43.9 Å².